The van der Waals surface area contributed by atoms with Gasteiger partial charge in [-0.2, -0.15) is 0 Å². The molecule has 1 N–H and O–H groups in total. The molecule has 158 valence electrons. The van der Waals surface area contributed by atoms with Gasteiger partial charge in [-0.25, -0.2) is 4.98 Å². The number of carbonyl (C=O) groups excluding carboxylic acids is 1. The average molecular weight is 446 g/mol. The fraction of sp³-hybridized carbons (Fsp3) is 0. The van der Waals surface area contributed by atoms with Gasteiger partial charge >= 0.3 is 0 Å². The van der Waals surface area contributed by atoms with Crippen LogP contribution in [0.5, 0.6) is 0 Å². The Hall–Kier alpha value is -4.44. The van der Waals surface area contributed by atoms with E-state index in [1.165, 1.54) is 47.7 Å². The number of carbonyl (C=O) groups is 1. The van der Waals surface area contributed by atoms with Crippen LogP contribution in [0.1, 0.15) is 10.4 Å². The molecule has 32 heavy (non-hydrogen) atoms. The summed E-state index contributed by atoms with van der Waals surface area (Å²) in [6.07, 6.45) is 0. The number of hydrogen-bond acceptors (Lipinski definition) is 7. The van der Waals surface area contributed by atoms with E-state index in [2.05, 4.69) is 10.3 Å². The number of thiazole rings is 1. The van der Waals surface area contributed by atoms with E-state index in [-0.39, 0.29) is 16.9 Å². The van der Waals surface area contributed by atoms with Crippen molar-refractivity contribution in [1.29, 1.82) is 0 Å². The molecular weight excluding hydrogens is 432 g/mol. The molecule has 0 fully saturated rings. The molecule has 1 heterocycles. The normalized spacial score (nSPS) is 10.5. The van der Waals surface area contributed by atoms with Crippen LogP contribution in [0.15, 0.2) is 78.9 Å². The number of aromatic nitrogens is 1. The first-order chi connectivity index (χ1) is 15.4. The average Bonchev–Trinajstić information content (AvgIpc) is 3.23. The Morgan fingerprint density at radius 1 is 0.812 bits per heavy atom. The molecule has 1 aromatic heterocycles. The molecule has 9 nitrogen and oxygen atoms in total. The summed E-state index contributed by atoms with van der Waals surface area (Å²) in [5, 5.41) is 24.9. The van der Waals surface area contributed by atoms with Gasteiger partial charge in [0.15, 0.2) is 5.13 Å². The Labute approximate surface area is 185 Å². The van der Waals surface area contributed by atoms with E-state index in [4.69, 9.17) is 0 Å². The standard InChI is InChI=1S/C22H14N4O5S/c27-21(16-7-4-8-18(13-16)26(30)31)24-22-23-19(14-9-11-17(12-10-14)25(28)29)20(32-22)15-5-2-1-3-6-15/h1-13H,(H,23,24,27). The van der Waals surface area contributed by atoms with E-state index in [1.54, 1.807) is 12.1 Å². The van der Waals surface area contributed by atoms with Gasteiger partial charge in [0, 0.05) is 35.4 Å². The minimum atomic E-state index is -0.569. The smallest absolute Gasteiger partial charge is 0.270 e. The first-order valence-electron chi connectivity index (χ1n) is 9.29. The summed E-state index contributed by atoms with van der Waals surface area (Å²) in [5.41, 5.74) is 1.99. The molecule has 0 bridgehead atoms. The predicted molar refractivity (Wildman–Crippen MR) is 121 cm³/mol. The molecule has 0 unspecified atom stereocenters. The lowest BCUT2D eigenvalue weighted by Crippen LogP contribution is -2.11. The lowest BCUT2D eigenvalue weighted by molar-refractivity contribution is -0.385. The van der Waals surface area contributed by atoms with Crippen LogP contribution in [0.2, 0.25) is 0 Å². The van der Waals surface area contributed by atoms with Gasteiger partial charge in [-0.15, -0.1) is 0 Å². The fourth-order valence-corrected chi connectivity index (χ4v) is 4.01. The maximum absolute atomic E-state index is 12.7. The van der Waals surface area contributed by atoms with Crippen molar-refractivity contribution in [1.82, 2.24) is 4.98 Å². The Balaban J connectivity index is 1.71. The minimum absolute atomic E-state index is 0.0376. The highest BCUT2D eigenvalue weighted by Gasteiger charge is 2.19. The van der Waals surface area contributed by atoms with Crippen molar-refractivity contribution in [2.45, 2.75) is 0 Å². The van der Waals surface area contributed by atoms with Crippen molar-refractivity contribution < 1.29 is 14.6 Å². The second kappa shape index (κ2) is 8.74. The molecule has 0 aliphatic rings. The van der Waals surface area contributed by atoms with Crippen LogP contribution < -0.4 is 5.32 Å². The Kier molecular flexibility index (Phi) is 5.69. The van der Waals surface area contributed by atoms with Crippen LogP contribution in [-0.2, 0) is 0 Å². The zero-order valence-corrected chi connectivity index (χ0v) is 17.1. The number of non-ortho nitro benzene ring substituents is 2. The second-order valence-corrected chi connectivity index (χ2v) is 7.63. The van der Waals surface area contributed by atoms with E-state index in [0.717, 1.165) is 10.4 Å². The third kappa shape index (κ3) is 4.35. The van der Waals surface area contributed by atoms with E-state index in [9.17, 15) is 25.0 Å². The molecule has 1 amide bonds. The summed E-state index contributed by atoms with van der Waals surface area (Å²) in [4.78, 5) is 38.9. The van der Waals surface area contributed by atoms with Crippen LogP contribution in [0.25, 0.3) is 21.7 Å². The molecule has 0 atom stereocenters. The predicted octanol–water partition coefficient (Wildman–Crippen LogP) is 5.55. The zero-order valence-electron chi connectivity index (χ0n) is 16.3. The Morgan fingerprint density at radius 3 is 2.16 bits per heavy atom. The SMILES string of the molecule is O=C(Nc1nc(-c2ccc([N+](=O)[O-])cc2)c(-c2ccccc2)s1)c1cccc([N+](=O)[O-])c1. The van der Waals surface area contributed by atoms with Gasteiger partial charge in [-0.1, -0.05) is 47.7 Å². The highest BCUT2D eigenvalue weighted by atomic mass is 32.1. The molecule has 0 spiro atoms. The maximum atomic E-state index is 12.7. The third-order valence-corrected chi connectivity index (χ3v) is 5.57. The van der Waals surface area contributed by atoms with Gasteiger partial charge in [0.25, 0.3) is 17.3 Å². The third-order valence-electron chi connectivity index (χ3n) is 4.55. The second-order valence-electron chi connectivity index (χ2n) is 6.63. The number of nitro groups is 2. The molecule has 4 rings (SSSR count). The van der Waals surface area contributed by atoms with Gasteiger partial charge in [0.1, 0.15) is 0 Å². The summed E-state index contributed by atoms with van der Waals surface area (Å²) < 4.78 is 0. The highest BCUT2D eigenvalue weighted by Crippen LogP contribution is 2.39. The van der Waals surface area contributed by atoms with Crippen molar-refractivity contribution in [2.75, 3.05) is 5.32 Å². The lowest BCUT2D eigenvalue weighted by Gasteiger charge is -2.02. The van der Waals surface area contributed by atoms with Crippen LogP contribution in [0, 0.1) is 20.2 Å². The molecule has 0 aliphatic carbocycles. The van der Waals surface area contributed by atoms with Crippen LogP contribution in [0.3, 0.4) is 0 Å². The number of hydrogen-bond donors (Lipinski definition) is 1. The van der Waals surface area contributed by atoms with E-state index >= 15 is 0 Å². The van der Waals surface area contributed by atoms with Crippen molar-refractivity contribution in [2.24, 2.45) is 0 Å². The minimum Gasteiger partial charge on any atom is -0.298 e. The van der Waals surface area contributed by atoms with Crippen molar-refractivity contribution in [3.05, 3.63) is 105 Å². The number of amides is 1. The molecule has 10 heteroatoms. The maximum Gasteiger partial charge on any atom is 0.270 e. The number of nitro benzene ring substituents is 2. The van der Waals surface area contributed by atoms with Crippen LogP contribution >= 0.6 is 11.3 Å². The molecule has 0 radical (unpaired) electrons. The molecule has 3 aromatic carbocycles. The van der Waals surface area contributed by atoms with E-state index in [1.807, 2.05) is 30.3 Å². The monoisotopic (exact) mass is 446 g/mol. The Morgan fingerprint density at radius 2 is 1.50 bits per heavy atom. The van der Waals surface area contributed by atoms with Gasteiger partial charge in [0.05, 0.1) is 20.4 Å². The quantitative estimate of drug-likeness (QED) is 0.306. The van der Waals surface area contributed by atoms with Crippen LogP contribution in [0.4, 0.5) is 16.5 Å². The van der Waals surface area contributed by atoms with Gasteiger partial charge in [-0.3, -0.25) is 30.3 Å². The number of nitrogens with one attached hydrogen (secondary N) is 1. The fourth-order valence-electron chi connectivity index (χ4n) is 3.03. The summed E-state index contributed by atoms with van der Waals surface area (Å²) in [6.45, 7) is 0. The molecule has 4 aromatic rings. The van der Waals surface area contributed by atoms with Crippen molar-refractivity contribution in [3.63, 3.8) is 0 Å². The zero-order chi connectivity index (χ0) is 22.7. The molecule has 0 aliphatic heterocycles. The number of anilines is 1. The van der Waals surface area contributed by atoms with Crippen molar-refractivity contribution in [3.8, 4) is 21.7 Å². The van der Waals surface area contributed by atoms with Crippen LogP contribution in [-0.4, -0.2) is 20.7 Å². The first-order valence-corrected chi connectivity index (χ1v) is 10.1. The number of nitrogens with zero attached hydrogens (tertiary/aromatic N) is 3. The molecule has 0 saturated heterocycles. The molecule has 0 saturated carbocycles. The summed E-state index contributed by atoms with van der Waals surface area (Å²) >= 11 is 1.24. The Bertz CT molecular complexity index is 1320. The summed E-state index contributed by atoms with van der Waals surface area (Å²) in [7, 11) is 0. The first kappa shape index (κ1) is 20.8. The van der Waals surface area contributed by atoms with Crippen molar-refractivity contribution >= 4 is 33.8 Å². The number of rotatable bonds is 6. The molecular formula is C22H14N4O5S. The van der Waals surface area contributed by atoms with Gasteiger partial charge < -0.3 is 0 Å². The summed E-state index contributed by atoms with van der Waals surface area (Å²) in [6, 6.07) is 20.8. The number of benzene rings is 3. The summed E-state index contributed by atoms with van der Waals surface area (Å²) in [5.74, 6) is -0.530. The van der Waals surface area contributed by atoms with E-state index < -0.39 is 15.8 Å². The highest BCUT2D eigenvalue weighted by molar-refractivity contribution is 7.19. The topological polar surface area (TPSA) is 128 Å². The largest absolute Gasteiger partial charge is 0.298 e. The van der Waals surface area contributed by atoms with Gasteiger partial charge in [0.2, 0.25) is 0 Å². The lowest BCUT2D eigenvalue weighted by atomic mass is 10.1. The van der Waals surface area contributed by atoms with Gasteiger partial charge in [-0.05, 0) is 23.8 Å². The van der Waals surface area contributed by atoms with E-state index in [0.29, 0.717) is 16.4 Å².